The number of hydrogen-bond acceptors (Lipinski definition) is 2. The van der Waals surface area contributed by atoms with E-state index in [4.69, 9.17) is 4.74 Å². The van der Waals surface area contributed by atoms with Gasteiger partial charge in [-0.05, 0) is 44.4 Å². The minimum atomic E-state index is -0.258. The zero-order valence-corrected chi connectivity index (χ0v) is 10.6. The van der Waals surface area contributed by atoms with Gasteiger partial charge in [0.25, 0.3) is 0 Å². The number of rotatable bonds is 6. The topological polar surface area (TPSA) is 26.3 Å². The van der Waals surface area contributed by atoms with Gasteiger partial charge in [-0.1, -0.05) is 26.8 Å². The molecule has 0 spiro atoms. The Balaban J connectivity index is 2.45. The van der Waals surface area contributed by atoms with Gasteiger partial charge >= 0.3 is 5.97 Å². The van der Waals surface area contributed by atoms with Crippen LogP contribution in [0.1, 0.15) is 58.8 Å². The molecule has 0 atom stereocenters. The molecule has 0 amide bonds. The smallest absolute Gasteiger partial charge is 0.330 e. The average Bonchev–Trinajstić information content (AvgIpc) is 2.66. The van der Waals surface area contributed by atoms with Gasteiger partial charge in [-0.2, -0.15) is 0 Å². The van der Waals surface area contributed by atoms with Crippen molar-refractivity contribution in [2.45, 2.75) is 64.4 Å². The largest absolute Gasteiger partial charge is 0.456 e. The average molecular weight is 224 g/mol. The fraction of sp³-hybridized carbons (Fsp3) is 0.786. The highest BCUT2D eigenvalue weighted by atomic mass is 16.6. The molecule has 1 saturated carbocycles. The van der Waals surface area contributed by atoms with E-state index in [-0.39, 0.29) is 11.6 Å². The Hall–Kier alpha value is -0.790. The molecule has 2 nitrogen and oxygen atoms in total. The summed E-state index contributed by atoms with van der Waals surface area (Å²) in [6.07, 6.45) is 9.11. The van der Waals surface area contributed by atoms with E-state index in [9.17, 15) is 4.79 Å². The lowest BCUT2D eigenvalue weighted by Gasteiger charge is -2.28. The lowest BCUT2D eigenvalue weighted by Crippen LogP contribution is -2.31. The van der Waals surface area contributed by atoms with Gasteiger partial charge in [0.15, 0.2) is 0 Å². The molecule has 0 saturated heterocycles. The molecule has 0 aromatic carbocycles. The van der Waals surface area contributed by atoms with E-state index in [1.807, 2.05) is 0 Å². The molecule has 1 fully saturated rings. The Morgan fingerprint density at radius 2 is 2.06 bits per heavy atom. The number of hydrogen-bond donors (Lipinski definition) is 0. The summed E-state index contributed by atoms with van der Waals surface area (Å²) >= 11 is 0. The zero-order valence-electron chi connectivity index (χ0n) is 10.6. The van der Waals surface area contributed by atoms with Crippen LogP contribution in [0.3, 0.4) is 0 Å². The third kappa shape index (κ3) is 3.99. The van der Waals surface area contributed by atoms with Gasteiger partial charge in [-0.3, -0.25) is 0 Å². The Bertz CT molecular complexity index is 237. The minimum Gasteiger partial charge on any atom is -0.456 e. The van der Waals surface area contributed by atoms with Crippen LogP contribution in [0.2, 0.25) is 0 Å². The monoisotopic (exact) mass is 224 g/mol. The summed E-state index contributed by atoms with van der Waals surface area (Å²) in [6, 6.07) is 0. The minimum absolute atomic E-state index is 0.167. The van der Waals surface area contributed by atoms with Crippen LogP contribution in [0, 0.1) is 5.92 Å². The Kier molecular flexibility index (Phi) is 5.04. The van der Waals surface area contributed by atoms with Gasteiger partial charge in [-0.25, -0.2) is 4.79 Å². The first-order valence-electron chi connectivity index (χ1n) is 6.43. The van der Waals surface area contributed by atoms with Crippen LogP contribution in [-0.4, -0.2) is 11.6 Å². The maximum absolute atomic E-state index is 11.3. The second-order valence-corrected chi connectivity index (χ2v) is 5.30. The van der Waals surface area contributed by atoms with Crippen molar-refractivity contribution in [3.63, 3.8) is 0 Å². The first kappa shape index (κ1) is 13.3. The molecule has 0 aromatic heterocycles. The summed E-state index contributed by atoms with van der Waals surface area (Å²) in [7, 11) is 0. The first-order chi connectivity index (χ1) is 7.58. The highest BCUT2D eigenvalue weighted by Gasteiger charge is 2.36. The van der Waals surface area contributed by atoms with E-state index in [0.29, 0.717) is 0 Å². The van der Waals surface area contributed by atoms with Crippen LogP contribution in [0.25, 0.3) is 0 Å². The SMILES string of the molecule is C=CC(=O)OC1(CCCC(C)C)CCCC1. The van der Waals surface area contributed by atoms with Crippen molar-refractivity contribution in [2.75, 3.05) is 0 Å². The van der Waals surface area contributed by atoms with Crippen molar-refractivity contribution in [1.29, 1.82) is 0 Å². The Morgan fingerprint density at radius 1 is 1.44 bits per heavy atom. The van der Waals surface area contributed by atoms with Crippen LogP contribution in [0.5, 0.6) is 0 Å². The summed E-state index contributed by atoms with van der Waals surface area (Å²) in [5, 5.41) is 0. The summed E-state index contributed by atoms with van der Waals surface area (Å²) in [5.41, 5.74) is -0.167. The zero-order chi connectivity index (χ0) is 12.0. The number of ether oxygens (including phenoxy) is 1. The standard InChI is InChI=1S/C14H24O2/c1-4-13(15)16-14(9-5-6-10-14)11-7-8-12(2)3/h4,12H,1,5-11H2,2-3H3. The van der Waals surface area contributed by atoms with Gasteiger partial charge in [0, 0.05) is 6.08 Å². The Morgan fingerprint density at radius 3 is 2.56 bits per heavy atom. The number of carbonyl (C=O) groups is 1. The van der Waals surface area contributed by atoms with Gasteiger partial charge in [0.2, 0.25) is 0 Å². The quantitative estimate of drug-likeness (QED) is 0.506. The molecular weight excluding hydrogens is 200 g/mol. The second-order valence-electron chi connectivity index (χ2n) is 5.30. The summed E-state index contributed by atoms with van der Waals surface area (Å²) in [4.78, 5) is 11.3. The molecule has 0 heterocycles. The van der Waals surface area contributed by atoms with Crippen molar-refractivity contribution in [1.82, 2.24) is 0 Å². The molecule has 2 heteroatoms. The molecule has 16 heavy (non-hydrogen) atoms. The third-order valence-corrected chi connectivity index (χ3v) is 3.41. The molecule has 0 unspecified atom stereocenters. The van der Waals surface area contributed by atoms with Crippen molar-refractivity contribution >= 4 is 5.97 Å². The molecule has 0 N–H and O–H groups in total. The second kappa shape index (κ2) is 6.07. The molecule has 1 rings (SSSR count). The van der Waals surface area contributed by atoms with Crippen molar-refractivity contribution < 1.29 is 9.53 Å². The van der Waals surface area contributed by atoms with Gasteiger partial charge in [0.05, 0.1) is 0 Å². The van der Waals surface area contributed by atoms with Crippen LogP contribution >= 0.6 is 0 Å². The fourth-order valence-corrected chi connectivity index (χ4v) is 2.51. The first-order valence-corrected chi connectivity index (χ1v) is 6.43. The van der Waals surface area contributed by atoms with Gasteiger partial charge in [-0.15, -0.1) is 0 Å². The van der Waals surface area contributed by atoms with E-state index in [0.717, 1.165) is 31.6 Å². The summed E-state index contributed by atoms with van der Waals surface area (Å²) in [6.45, 7) is 7.93. The van der Waals surface area contributed by atoms with Crippen molar-refractivity contribution in [3.05, 3.63) is 12.7 Å². The summed E-state index contributed by atoms with van der Waals surface area (Å²) in [5.74, 6) is 0.472. The predicted molar refractivity (Wildman–Crippen MR) is 66.2 cm³/mol. The molecule has 0 bridgehead atoms. The van der Waals surface area contributed by atoms with Crippen LogP contribution in [0.4, 0.5) is 0 Å². The molecule has 0 aromatic rings. The predicted octanol–water partition coefficient (Wildman–Crippen LogP) is 3.85. The van der Waals surface area contributed by atoms with E-state index in [2.05, 4.69) is 20.4 Å². The fourth-order valence-electron chi connectivity index (χ4n) is 2.51. The molecule has 0 radical (unpaired) electrons. The molecule has 1 aliphatic rings. The number of esters is 1. The molecular formula is C14H24O2. The van der Waals surface area contributed by atoms with E-state index in [1.54, 1.807) is 0 Å². The Labute approximate surface area is 99.1 Å². The van der Waals surface area contributed by atoms with Gasteiger partial charge in [0.1, 0.15) is 5.60 Å². The van der Waals surface area contributed by atoms with Crippen molar-refractivity contribution in [3.8, 4) is 0 Å². The lowest BCUT2D eigenvalue weighted by molar-refractivity contribution is -0.153. The maximum Gasteiger partial charge on any atom is 0.330 e. The van der Waals surface area contributed by atoms with E-state index in [1.165, 1.54) is 25.3 Å². The molecule has 1 aliphatic carbocycles. The van der Waals surface area contributed by atoms with Crippen LogP contribution in [0.15, 0.2) is 12.7 Å². The summed E-state index contributed by atoms with van der Waals surface area (Å²) < 4.78 is 5.57. The van der Waals surface area contributed by atoms with Gasteiger partial charge < -0.3 is 4.74 Å². The van der Waals surface area contributed by atoms with E-state index < -0.39 is 0 Å². The van der Waals surface area contributed by atoms with Crippen LogP contribution < -0.4 is 0 Å². The lowest BCUT2D eigenvalue weighted by atomic mass is 9.92. The normalized spacial score (nSPS) is 18.7. The van der Waals surface area contributed by atoms with Crippen LogP contribution in [-0.2, 0) is 9.53 Å². The van der Waals surface area contributed by atoms with Crippen molar-refractivity contribution in [2.24, 2.45) is 5.92 Å². The molecule has 92 valence electrons. The number of carbonyl (C=O) groups excluding carboxylic acids is 1. The maximum atomic E-state index is 11.3. The third-order valence-electron chi connectivity index (χ3n) is 3.41. The highest BCUT2D eigenvalue weighted by Crippen LogP contribution is 2.37. The highest BCUT2D eigenvalue weighted by molar-refractivity contribution is 5.81. The molecule has 0 aliphatic heterocycles. The van der Waals surface area contributed by atoms with E-state index >= 15 is 0 Å².